The summed E-state index contributed by atoms with van der Waals surface area (Å²) >= 11 is 2.49. The molecule has 1 spiro atoms. The van der Waals surface area contributed by atoms with Gasteiger partial charge in [-0.1, -0.05) is 22.6 Å². The zero-order valence-corrected chi connectivity index (χ0v) is 9.14. The van der Waals surface area contributed by atoms with Crippen LogP contribution in [0.3, 0.4) is 0 Å². The van der Waals surface area contributed by atoms with Gasteiger partial charge in [0, 0.05) is 16.5 Å². The molecule has 0 aromatic carbocycles. The van der Waals surface area contributed by atoms with E-state index in [1.54, 1.807) is 0 Å². The monoisotopic (exact) mass is 265 g/mol. The van der Waals surface area contributed by atoms with Crippen LogP contribution in [0.15, 0.2) is 0 Å². The fraction of sp³-hybridized carbons (Fsp3) is 1.00. The summed E-state index contributed by atoms with van der Waals surface area (Å²) in [5.74, 6) is 0. The lowest BCUT2D eigenvalue weighted by atomic mass is 9.75. The highest BCUT2D eigenvalue weighted by Gasteiger charge is 2.44. The second kappa shape index (κ2) is 3.21. The third-order valence-corrected chi connectivity index (χ3v) is 3.86. The lowest BCUT2D eigenvalue weighted by molar-refractivity contribution is 0.0626. The van der Waals surface area contributed by atoms with Crippen molar-refractivity contribution < 1.29 is 0 Å². The highest BCUT2D eigenvalue weighted by molar-refractivity contribution is 14.1. The molecule has 1 saturated heterocycles. The van der Waals surface area contributed by atoms with Gasteiger partial charge in [-0.3, -0.25) is 4.90 Å². The number of likely N-dealkylation sites (tertiary alicyclic amines) is 1. The molecule has 11 heavy (non-hydrogen) atoms. The summed E-state index contributed by atoms with van der Waals surface area (Å²) in [5.41, 5.74) is 0.713. The van der Waals surface area contributed by atoms with Crippen LogP contribution in [0.1, 0.15) is 32.1 Å². The summed E-state index contributed by atoms with van der Waals surface area (Å²) in [7, 11) is 0. The van der Waals surface area contributed by atoms with Crippen molar-refractivity contribution in [2.24, 2.45) is 0 Å². The number of hydrogen-bond donors (Lipinski definition) is 0. The molecule has 0 atom stereocenters. The Hall–Kier alpha value is 0.690. The van der Waals surface area contributed by atoms with E-state index in [0.717, 1.165) is 0 Å². The molecule has 64 valence electrons. The molecule has 0 aromatic rings. The minimum Gasteiger partial charge on any atom is -0.297 e. The van der Waals surface area contributed by atoms with Gasteiger partial charge in [0.05, 0.1) is 0 Å². The predicted octanol–water partition coefficient (Wildman–Crippen LogP) is 2.44. The lowest BCUT2D eigenvalue weighted by Crippen LogP contribution is -2.49. The fourth-order valence-electron chi connectivity index (χ4n) is 2.60. The number of halogens is 1. The van der Waals surface area contributed by atoms with Crippen LogP contribution in [0, 0.1) is 0 Å². The van der Waals surface area contributed by atoms with Gasteiger partial charge in [-0.2, -0.15) is 0 Å². The first-order valence-electron chi connectivity index (χ1n) is 4.68. The molecule has 0 unspecified atom stereocenters. The van der Waals surface area contributed by atoms with Gasteiger partial charge in [0.1, 0.15) is 0 Å². The molecule has 1 saturated carbocycles. The first-order chi connectivity index (χ1) is 5.37. The van der Waals surface area contributed by atoms with E-state index in [0.29, 0.717) is 5.54 Å². The quantitative estimate of drug-likeness (QED) is 0.547. The molecule has 2 fully saturated rings. The van der Waals surface area contributed by atoms with E-state index in [1.165, 1.54) is 49.6 Å². The molecule has 1 aliphatic carbocycles. The maximum Gasteiger partial charge on any atom is 0.0210 e. The average molecular weight is 265 g/mol. The van der Waals surface area contributed by atoms with Gasteiger partial charge in [0.25, 0.3) is 0 Å². The second-order valence-electron chi connectivity index (χ2n) is 3.86. The van der Waals surface area contributed by atoms with Gasteiger partial charge in [-0.15, -0.1) is 0 Å². The van der Waals surface area contributed by atoms with Gasteiger partial charge >= 0.3 is 0 Å². The summed E-state index contributed by atoms with van der Waals surface area (Å²) in [6, 6.07) is 0. The van der Waals surface area contributed by atoms with Gasteiger partial charge in [0.15, 0.2) is 0 Å². The van der Waals surface area contributed by atoms with Crippen LogP contribution in [-0.4, -0.2) is 28.0 Å². The maximum atomic E-state index is 2.74. The highest BCUT2D eigenvalue weighted by atomic mass is 127. The van der Waals surface area contributed by atoms with Crippen molar-refractivity contribution in [3.8, 4) is 0 Å². The van der Waals surface area contributed by atoms with Gasteiger partial charge in [0.2, 0.25) is 0 Å². The Balaban J connectivity index is 1.96. The van der Waals surface area contributed by atoms with Crippen molar-refractivity contribution in [1.82, 2.24) is 4.90 Å². The van der Waals surface area contributed by atoms with Crippen molar-refractivity contribution in [3.05, 3.63) is 0 Å². The maximum absolute atomic E-state index is 2.74. The van der Waals surface area contributed by atoms with Gasteiger partial charge in [-0.05, 0) is 38.6 Å². The number of hydrogen-bond acceptors (Lipinski definition) is 1. The molecule has 2 aliphatic rings. The molecule has 1 heterocycles. The van der Waals surface area contributed by atoms with E-state index in [2.05, 4.69) is 27.5 Å². The molecule has 0 bridgehead atoms. The van der Waals surface area contributed by atoms with Crippen LogP contribution in [0.4, 0.5) is 0 Å². The molecule has 0 aromatic heterocycles. The summed E-state index contributed by atoms with van der Waals surface area (Å²) in [5, 5.41) is 0. The number of alkyl halides is 1. The molecule has 0 N–H and O–H groups in total. The Morgan fingerprint density at radius 1 is 1.18 bits per heavy atom. The van der Waals surface area contributed by atoms with E-state index in [-0.39, 0.29) is 0 Å². The minimum atomic E-state index is 0.713. The first-order valence-corrected chi connectivity index (χ1v) is 6.21. The van der Waals surface area contributed by atoms with Gasteiger partial charge < -0.3 is 0 Å². The van der Waals surface area contributed by atoms with Crippen LogP contribution >= 0.6 is 22.6 Å². The largest absolute Gasteiger partial charge is 0.297 e. The van der Waals surface area contributed by atoms with E-state index >= 15 is 0 Å². The van der Waals surface area contributed by atoms with E-state index in [9.17, 15) is 0 Å². The predicted molar refractivity (Wildman–Crippen MR) is 56.3 cm³/mol. The second-order valence-corrected chi connectivity index (χ2v) is 4.94. The molecule has 1 aliphatic heterocycles. The summed E-state index contributed by atoms with van der Waals surface area (Å²) in [6.07, 6.45) is 7.41. The standard InChI is InChI=1S/C9H16IN/c10-6-8-11-7-2-5-9(11)3-1-4-9/h1-8H2. The fourth-order valence-corrected chi connectivity index (χ4v) is 3.18. The normalized spacial score (nSPS) is 29.2. The Morgan fingerprint density at radius 3 is 2.45 bits per heavy atom. The molecular formula is C9H16IN. The van der Waals surface area contributed by atoms with E-state index < -0.39 is 0 Å². The Kier molecular flexibility index (Phi) is 2.42. The van der Waals surface area contributed by atoms with E-state index in [1.807, 2.05) is 0 Å². The number of rotatable bonds is 2. The molecular weight excluding hydrogens is 249 g/mol. The third kappa shape index (κ3) is 1.32. The molecule has 2 rings (SSSR count). The molecule has 1 nitrogen and oxygen atoms in total. The Bertz CT molecular complexity index is 142. The molecule has 0 amide bonds. The Labute approximate surface area is 82.7 Å². The van der Waals surface area contributed by atoms with Crippen molar-refractivity contribution in [2.75, 3.05) is 17.5 Å². The van der Waals surface area contributed by atoms with Crippen LogP contribution in [0.2, 0.25) is 0 Å². The van der Waals surface area contributed by atoms with Crippen molar-refractivity contribution in [1.29, 1.82) is 0 Å². The van der Waals surface area contributed by atoms with Crippen molar-refractivity contribution >= 4 is 22.6 Å². The number of nitrogens with zero attached hydrogens (tertiary/aromatic N) is 1. The van der Waals surface area contributed by atoms with Crippen molar-refractivity contribution in [3.63, 3.8) is 0 Å². The summed E-state index contributed by atoms with van der Waals surface area (Å²) < 4.78 is 1.31. The Morgan fingerprint density at radius 2 is 1.91 bits per heavy atom. The van der Waals surface area contributed by atoms with Crippen molar-refractivity contribution in [2.45, 2.75) is 37.6 Å². The summed E-state index contributed by atoms with van der Waals surface area (Å²) in [4.78, 5) is 2.74. The zero-order valence-electron chi connectivity index (χ0n) is 6.98. The summed E-state index contributed by atoms with van der Waals surface area (Å²) in [6.45, 7) is 2.71. The SMILES string of the molecule is ICCN1CCCC12CCC2. The first kappa shape index (κ1) is 8.30. The van der Waals surface area contributed by atoms with Crippen LogP contribution in [0.5, 0.6) is 0 Å². The smallest absolute Gasteiger partial charge is 0.0210 e. The average Bonchev–Trinajstić information content (AvgIpc) is 2.31. The zero-order chi connectivity index (χ0) is 7.73. The molecule has 0 radical (unpaired) electrons. The minimum absolute atomic E-state index is 0.713. The van der Waals surface area contributed by atoms with Gasteiger partial charge in [-0.25, -0.2) is 0 Å². The topological polar surface area (TPSA) is 3.24 Å². The third-order valence-electron chi connectivity index (χ3n) is 3.38. The van der Waals surface area contributed by atoms with Crippen LogP contribution in [-0.2, 0) is 0 Å². The van der Waals surface area contributed by atoms with Crippen LogP contribution < -0.4 is 0 Å². The van der Waals surface area contributed by atoms with Crippen LogP contribution in [0.25, 0.3) is 0 Å². The highest BCUT2D eigenvalue weighted by Crippen LogP contribution is 2.45. The molecule has 2 heteroatoms. The van der Waals surface area contributed by atoms with E-state index in [4.69, 9.17) is 0 Å². The lowest BCUT2D eigenvalue weighted by Gasteiger charge is -2.46.